The van der Waals surface area contributed by atoms with Crippen molar-refractivity contribution in [2.24, 2.45) is 11.8 Å². The first-order valence-electron chi connectivity index (χ1n) is 5.88. The smallest absolute Gasteiger partial charge is 0.0250 e. The Bertz CT molecular complexity index is 263. The number of hydrogen-bond donors (Lipinski definition) is 0. The first-order valence-corrected chi connectivity index (χ1v) is 5.88. The molecule has 76 valence electrons. The van der Waals surface area contributed by atoms with Gasteiger partial charge in [0.15, 0.2) is 0 Å². The highest BCUT2D eigenvalue weighted by Crippen LogP contribution is 2.30. The van der Waals surface area contributed by atoms with Crippen molar-refractivity contribution < 1.29 is 0 Å². The third-order valence-corrected chi connectivity index (χ3v) is 3.41. The molecule has 0 aliphatic heterocycles. The van der Waals surface area contributed by atoms with E-state index >= 15 is 0 Å². The molecule has 0 nitrogen and oxygen atoms in total. The van der Waals surface area contributed by atoms with Gasteiger partial charge in [0.25, 0.3) is 0 Å². The first-order chi connectivity index (χ1) is 6.84. The largest absolute Gasteiger partial charge is 0.0625 e. The summed E-state index contributed by atoms with van der Waals surface area (Å²) in [7, 11) is 0. The van der Waals surface area contributed by atoms with Gasteiger partial charge in [-0.25, -0.2) is 0 Å². The van der Waals surface area contributed by atoms with Crippen molar-refractivity contribution in [3.05, 3.63) is 35.9 Å². The second kappa shape index (κ2) is 4.63. The third kappa shape index (κ3) is 2.60. The molecule has 0 bridgehead atoms. The summed E-state index contributed by atoms with van der Waals surface area (Å²) in [6, 6.07) is 10.9. The summed E-state index contributed by atoms with van der Waals surface area (Å²) < 4.78 is 0. The van der Waals surface area contributed by atoms with Crippen LogP contribution in [-0.4, -0.2) is 0 Å². The monoisotopic (exact) mass is 188 g/mol. The van der Waals surface area contributed by atoms with Crippen LogP contribution in [0, 0.1) is 11.8 Å². The fraction of sp³-hybridized carbons (Fsp3) is 0.571. The van der Waals surface area contributed by atoms with Gasteiger partial charge in [-0.1, -0.05) is 56.5 Å². The van der Waals surface area contributed by atoms with Crippen molar-refractivity contribution in [1.82, 2.24) is 0 Å². The summed E-state index contributed by atoms with van der Waals surface area (Å²) >= 11 is 0. The minimum atomic E-state index is 0.946. The van der Waals surface area contributed by atoms with Crippen molar-refractivity contribution in [3.63, 3.8) is 0 Å². The lowest BCUT2D eigenvalue weighted by Gasteiger charge is -2.26. The Hall–Kier alpha value is -0.780. The Kier molecular flexibility index (Phi) is 3.23. The molecule has 0 radical (unpaired) electrons. The third-order valence-electron chi connectivity index (χ3n) is 3.41. The molecule has 1 aromatic rings. The summed E-state index contributed by atoms with van der Waals surface area (Å²) in [5.41, 5.74) is 1.52. The van der Waals surface area contributed by atoms with Crippen molar-refractivity contribution in [3.8, 4) is 0 Å². The van der Waals surface area contributed by atoms with Gasteiger partial charge in [0.05, 0.1) is 0 Å². The fourth-order valence-electron chi connectivity index (χ4n) is 2.69. The van der Waals surface area contributed by atoms with Gasteiger partial charge in [-0.05, 0) is 30.2 Å². The molecule has 2 rings (SSSR count). The van der Waals surface area contributed by atoms with Gasteiger partial charge in [-0.15, -0.1) is 0 Å². The highest BCUT2D eigenvalue weighted by atomic mass is 14.2. The van der Waals surface area contributed by atoms with E-state index in [0.29, 0.717) is 0 Å². The van der Waals surface area contributed by atoms with Crippen LogP contribution in [0.5, 0.6) is 0 Å². The first kappa shape index (κ1) is 9.76. The molecule has 0 heterocycles. The fourth-order valence-corrected chi connectivity index (χ4v) is 2.69. The Morgan fingerprint density at radius 2 is 1.93 bits per heavy atom. The molecule has 1 fully saturated rings. The zero-order valence-corrected chi connectivity index (χ0v) is 9.08. The summed E-state index contributed by atoms with van der Waals surface area (Å²) in [5.74, 6) is 1.90. The van der Waals surface area contributed by atoms with Crippen molar-refractivity contribution in [2.45, 2.75) is 39.0 Å². The predicted octanol–water partition coefficient (Wildman–Crippen LogP) is 4.06. The van der Waals surface area contributed by atoms with Crippen LogP contribution in [0.15, 0.2) is 30.3 Å². The predicted molar refractivity (Wildman–Crippen MR) is 61.3 cm³/mol. The van der Waals surface area contributed by atoms with Gasteiger partial charge in [0, 0.05) is 0 Å². The standard InChI is InChI=1S/C14H20/c1-12-6-5-9-14(10-12)11-13-7-3-2-4-8-13/h2-4,7-8,12,14H,5-6,9-11H2,1H3. The topological polar surface area (TPSA) is 0 Å². The molecule has 0 spiro atoms. The summed E-state index contributed by atoms with van der Waals surface area (Å²) in [6.07, 6.45) is 7.07. The highest BCUT2D eigenvalue weighted by Gasteiger charge is 2.18. The van der Waals surface area contributed by atoms with E-state index in [-0.39, 0.29) is 0 Å². The van der Waals surface area contributed by atoms with Crippen LogP contribution >= 0.6 is 0 Å². The Morgan fingerprint density at radius 3 is 2.64 bits per heavy atom. The molecule has 1 aliphatic carbocycles. The highest BCUT2D eigenvalue weighted by molar-refractivity contribution is 5.15. The number of benzene rings is 1. The molecule has 0 aromatic heterocycles. The number of rotatable bonds is 2. The molecule has 0 N–H and O–H groups in total. The van der Waals surface area contributed by atoms with Crippen LogP contribution in [0.4, 0.5) is 0 Å². The molecular weight excluding hydrogens is 168 g/mol. The molecule has 1 aliphatic rings. The SMILES string of the molecule is CC1CCCC(Cc2ccccc2)C1. The molecule has 0 amide bonds. The van der Waals surface area contributed by atoms with Gasteiger partial charge in [0.1, 0.15) is 0 Å². The quantitative estimate of drug-likeness (QED) is 0.656. The normalized spacial score (nSPS) is 27.5. The van der Waals surface area contributed by atoms with E-state index in [0.717, 1.165) is 11.8 Å². The zero-order chi connectivity index (χ0) is 9.80. The molecule has 14 heavy (non-hydrogen) atoms. The van der Waals surface area contributed by atoms with Crippen molar-refractivity contribution in [2.75, 3.05) is 0 Å². The second-order valence-corrected chi connectivity index (χ2v) is 4.83. The molecule has 0 saturated heterocycles. The van der Waals surface area contributed by atoms with Crippen LogP contribution in [0.3, 0.4) is 0 Å². The van der Waals surface area contributed by atoms with Crippen LogP contribution in [0.1, 0.15) is 38.2 Å². The summed E-state index contributed by atoms with van der Waals surface area (Å²) in [4.78, 5) is 0. The van der Waals surface area contributed by atoms with E-state index in [1.54, 1.807) is 0 Å². The van der Waals surface area contributed by atoms with Gasteiger partial charge in [-0.2, -0.15) is 0 Å². The maximum atomic E-state index is 2.40. The molecule has 2 atom stereocenters. The van der Waals surface area contributed by atoms with E-state index < -0.39 is 0 Å². The van der Waals surface area contributed by atoms with E-state index in [2.05, 4.69) is 37.3 Å². The van der Waals surface area contributed by atoms with Gasteiger partial charge >= 0.3 is 0 Å². The molecule has 2 unspecified atom stereocenters. The maximum Gasteiger partial charge on any atom is -0.0250 e. The average molecular weight is 188 g/mol. The van der Waals surface area contributed by atoms with E-state index in [1.165, 1.54) is 37.7 Å². The van der Waals surface area contributed by atoms with Crippen molar-refractivity contribution in [1.29, 1.82) is 0 Å². The Balaban J connectivity index is 1.91. The maximum absolute atomic E-state index is 2.40. The number of hydrogen-bond acceptors (Lipinski definition) is 0. The van der Waals surface area contributed by atoms with Gasteiger partial charge < -0.3 is 0 Å². The van der Waals surface area contributed by atoms with E-state index in [4.69, 9.17) is 0 Å². The Morgan fingerprint density at radius 1 is 1.14 bits per heavy atom. The van der Waals surface area contributed by atoms with Crippen LogP contribution < -0.4 is 0 Å². The minimum absolute atomic E-state index is 0.946. The summed E-state index contributed by atoms with van der Waals surface area (Å²) in [6.45, 7) is 2.40. The van der Waals surface area contributed by atoms with E-state index in [1.807, 2.05) is 0 Å². The van der Waals surface area contributed by atoms with Crippen LogP contribution in [0.2, 0.25) is 0 Å². The lowest BCUT2D eigenvalue weighted by Crippen LogP contribution is -2.15. The second-order valence-electron chi connectivity index (χ2n) is 4.83. The van der Waals surface area contributed by atoms with Crippen molar-refractivity contribution >= 4 is 0 Å². The van der Waals surface area contributed by atoms with Gasteiger partial charge in [0.2, 0.25) is 0 Å². The minimum Gasteiger partial charge on any atom is -0.0625 e. The lowest BCUT2D eigenvalue weighted by molar-refractivity contribution is 0.281. The molecule has 0 heteroatoms. The lowest BCUT2D eigenvalue weighted by atomic mass is 9.79. The Labute approximate surface area is 87.3 Å². The molecule has 1 saturated carbocycles. The summed E-state index contributed by atoms with van der Waals surface area (Å²) in [5, 5.41) is 0. The molecular formula is C14H20. The van der Waals surface area contributed by atoms with E-state index in [9.17, 15) is 0 Å². The van der Waals surface area contributed by atoms with Gasteiger partial charge in [-0.3, -0.25) is 0 Å². The molecule has 1 aromatic carbocycles. The average Bonchev–Trinajstić information content (AvgIpc) is 2.19. The van der Waals surface area contributed by atoms with Crippen LogP contribution in [0.25, 0.3) is 0 Å². The zero-order valence-electron chi connectivity index (χ0n) is 9.08. The van der Waals surface area contributed by atoms with Crippen LogP contribution in [-0.2, 0) is 6.42 Å².